The number of aliphatic hydroxyl groups excluding tert-OH is 1. The minimum absolute atomic E-state index is 0.132. The molecule has 0 fully saturated rings. The molecule has 2 unspecified atom stereocenters. The van der Waals surface area contributed by atoms with Gasteiger partial charge in [-0.1, -0.05) is 27.7 Å². The maximum Gasteiger partial charge on any atom is 0.0981 e. The predicted octanol–water partition coefficient (Wildman–Crippen LogP) is 2.55. The molecular formula is C13H24N2OS. The fourth-order valence-electron chi connectivity index (χ4n) is 1.36. The Morgan fingerprint density at radius 3 is 2.53 bits per heavy atom. The van der Waals surface area contributed by atoms with Gasteiger partial charge in [0.25, 0.3) is 0 Å². The van der Waals surface area contributed by atoms with Crippen LogP contribution < -0.4 is 5.32 Å². The van der Waals surface area contributed by atoms with Crippen molar-refractivity contribution < 1.29 is 5.11 Å². The van der Waals surface area contributed by atoms with Crippen molar-refractivity contribution in [2.75, 3.05) is 6.61 Å². The van der Waals surface area contributed by atoms with Crippen molar-refractivity contribution in [2.45, 2.75) is 52.6 Å². The molecule has 0 amide bonds. The molecule has 98 valence electrons. The summed E-state index contributed by atoms with van der Waals surface area (Å²) in [5.74, 6) is 0.282. The first-order valence-electron chi connectivity index (χ1n) is 6.14. The van der Waals surface area contributed by atoms with Crippen LogP contribution in [-0.4, -0.2) is 22.7 Å². The zero-order valence-electron chi connectivity index (χ0n) is 11.4. The molecule has 17 heavy (non-hydrogen) atoms. The smallest absolute Gasteiger partial charge is 0.0981 e. The lowest BCUT2D eigenvalue weighted by Gasteiger charge is -2.18. The van der Waals surface area contributed by atoms with Crippen LogP contribution in [-0.2, 0) is 12.0 Å². The van der Waals surface area contributed by atoms with E-state index in [4.69, 9.17) is 5.11 Å². The molecule has 1 heterocycles. The van der Waals surface area contributed by atoms with Crippen LogP contribution in [0.4, 0.5) is 0 Å². The van der Waals surface area contributed by atoms with E-state index >= 15 is 0 Å². The summed E-state index contributed by atoms with van der Waals surface area (Å²) in [6.07, 6.45) is 1.95. The molecule has 0 saturated carbocycles. The molecule has 0 aliphatic rings. The number of hydrogen-bond donors (Lipinski definition) is 2. The summed E-state index contributed by atoms with van der Waals surface area (Å²) in [6.45, 7) is 11.7. The summed E-state index contributed by atoms with van der Waals surface area (Å²) < 4.78 is 0. The molecule has 3 nitrogen and oxygen atoms in total. The monoisotopic (exact) mass is 256 g/mol. The van der Waals surface area contributed by atoms with Crippen molar-refractivity contribution in [2.24, 2.45) is 5.92 Å². The van der Waals surface area contributed by atoms with E-state index in [0.717, 1.165) is 6.54 Å². The van der Waals surface area contributed by atoms with E-state index in [2.05, 4.69) is 38.0 Å². The Hall–Kier alpha value is -0.450. The standard InChI is InChI=1S/C13H24N2OS/c1-9(8-16)10(2)14-6-11-7-15-12(17-11)13(3,4)5/h7,9-10,14,16H,6,8H2,1-5H3. The first kappa shape index (κ1) is 14.6. The molecule has 2 atom stereocenters. The lowest BCUT2D eigenvalue weighted by molar-refractivity contribution is 0.207. The van der Waals surface area contributed by atoms with E-state index < -0.39 is 0 Å². The van der Waals surface area contributed by atoms with Crippen LogP contribution in [0.25, 0.3) is 0 Å². The lowest BCUT2D eigenvalue weighted by atomic mass is 9.98. The molecule has 0 aliphatic heterocycles. The fourth-order valence-corrected chi connectivity index (χ4v) is 2.28. The van der Waals surface area contributed by atoms with Crippen molar-refractivity contribution >= 4 is 11.3 Å². The normalized spacial score (nSPS) is 15.9. The van der Waals surface area contributed by atoms with Gasteiger partial charge in [0.05, 0.1) is 5.01 Å². The predicted molar refractivity (Wildman–Crippen MR) is 73.4 cm³/mol. The molecule has 2 N–H and O–H groups in total. The van der Waals surface area contributed by atoms with Gasteiger partial charge in [0.15, 0.2) is 0 Å². The van der Waals surface area contributed by atoms with Crippen molar-refractivity contribution in [3.63, 3.8) is 0 Å². The largest absolute Gasteiger partial charge is 0.396 e. The summed E-state index contributed by atoms with van der Waals surface area (Å²) in [4.78, 5) is 5.72. The Balaban J connectivity index is 2.51. The third kappa shape index (κ3) is 4.37. The lowest BCUT2D eigenvalue weighted by Crippen LogP contribution is -2.33. The summed E-state index contributed by atoms with van der Waals surface area (Å²) in [5.41, 5.74) is 0.132. The molecule has 0 spiro atoms. The van der Waals surface area contributed by atoms with Gasteiger partial charge in [-0.05, 0) is 12.8 Å². The van der Waals surface area contributed by atoms with Crippen LogP contribution in [0.15, 0.2) is 6.20 Å². The van der Waals surface area contributed by atoms with E-state index in [0.29, 0.717) is 6.04 Å². The van der Waals surface area contributed by atoms with Crippen LogP contribution >= 0.6 is 11.3 Å². The maximum absolute atomic E-state index is 9.06. The molecule has 1 aromatic heterocycles. The Morgan fingerprint density at radius 2 is 2.06 bits per heavy atom. The highest BCUT2D eigenvalue weighted by Crippen LogP contribution is 2.26. The molecule has 0 aliphatic carbocycles. The van der Waals surface area contributed by atoms with Crippen molar-refractivity contribution in [3.8, 4) is 0 Å². The molecule has 0 aromatic carbocycles. The number of aliphatic hydroxyl groups is 1. The maximum atomic E-state index is 9.06. The Morgan fingerprint density at radius 1 is 1.41 bits per heavy atom. The third-order valence-corrected chi connectivity index (χ3v) is 4.36. The van der Waals surface area contributed by atoms with Crippen LogP contribution in [0.3, 0.4) is 0 Å². The Bertz CT molecular complexity index is 343. The van der Waals surface area contributed by atoms with E-state index in [1.165, 1.54) is 9.88 Å². The van der Waals surface area contributed by atoms with Gasteiger partial charge in [0.2, 0.25) is 0 Å². The zero-order chi connectivity index (χ0) is 13.1. The highest BCUT2D eigenvalue weighted by Gasteiger charge is 2.18. The molecule has 4 heteroatoms. The van der Waals surface area contributed by atoms with E-state index in [9.17, 15) is 0 Å². The highest BCUT2D eigenvalue weighted by atomic mass is 32.1. The second-order valence-electron chi connectivity index (χ2n) is 5.71. The number of aromatic nitrogens is 1. The molecule has 1 aromatic rings. The first-order valence-corrected chi connectivity index (χ1v) is 6.95. The molecular weight excluding hydrogens is 232 g/mol. The van der Waals surface area contributed by atoms with Gasteiger partial charge in [0, 0.05) is 35.7 Å². The van der Waals surface area contributed by atoms with Crippen LogP contribution in [0.2, 0.25) is 0 Å². The van der Waals surface area contributed by atoms with Gasteiger partial charge in [-0.3, -0.25) is 0 Å². The van der Waals surface area contributed by atoms with Gasteiger partial charge in [0.1, 0.15) is 0 Å². The fraction of sp³-hybridized carbons (Fsp3) is 0.769. The Kier molecular flexibility index (Phi) is 5.10. The summed E-state index contributed by atoms with van der Waals surface area (Å²) in [5, 5.41) is 13.7. The Labute approximate surface area is 108 Å². The van der Waals surface area contributed by atoms with E-state index in [-0.39, 0.29) is 17.9 Å². The van der Waals surface area contributed by atoms with Gasteiger partial charge < -0.3 is 10.4 Å². The number of hydrogen-bond acceptors (Lipinski definition) is 4. The average Bonchev–Trinajstić information content (AvgIpc) is 2.72. The van der Waals surface area contributed by atoms with E-state index in [1.807, 2.05) is 13.1 Å². The van der Waals surface area contributed by atoms with E-state index in [1.54, 1.807) is 11.3 Å². The second kappa shape index (κ2) is 5.94. The number of thiazole rings is 1. The van der Waals surface area contributed by atoms with Crippen molar-refractivity contribution in [1.29, 1.82) is 0 Å². The van der Waals surface area contributed by atoms with Gasteiger partial charge in [-0.2, -0.15) is 0 Å². The molecule has 0 saturated heterocycles. The third-order valence-electron chi connectivity index (χ3n) is 2.93. The van der Waals surface area contributed by atoms with Crippen molar-refractivity contribution in [3.05, 3.63) is 16.1 Å². The minimum atomic E-state index is 0.132. The quantitative estimate of drug-likeness (QED) is 0.851. The summed E-state index contributed by atoms with van der Waals surface area (Å²) in [7, 11) is 0. The number of nitrogens with one attached hydrogen (secondary N) is 1. The number of rotatable bonds is 5. The number of nitrogens with zero attached hydrogens (tertiary/aromatic N) is 1. The minimum Gasteiger partial charge on any atom is -0.396 e. The van der Waals surface area contributed by atoms with Crippen LogP contribution in [0, 0.1) is 5.92 Å². The second-order valence-corrected chi connectivity index (χ2v) is 6.83. The summed E-state index contributed by atoms with van der Waals surface area (Å²) in [6, 6.07) is 0.320. The topological polar surface area (TPSA) is 45.1 Å². The van der Waals surface area contributed by atoms with Gasteiger partial charge >= 0.3 is 0 Å². The van der Waals surface area contributed by atoms with Crippen molar-refractivity contribution in [1.82, 2.24) is 10.3 Å². The van der Waals surface area contributed by atoms with Crippen LogP contribution in [0.1, 0.15) is 44.5 Å². The average molecular weight is 256 g/mol. The van der Waals surface area contributed by atoms with Gasteiger partial charge in [-0.25, -0.2) is 4.98 Å². The van der Waals surface area contributed by atoms with Crippen LogP contribution in [0.5, 0.6) is 0 Å². The first-order chi connectivity index (χ1) is 7.84. The zero-order valence-corrected chi connectivity index (χ0v) is 12.3. The summed E-state index contributed by atoms with van der Waals surface area (Å²) >= 11 is 1.77. The SMILES string of the molecule is CC(CO)C(C)NCc1cnc(C(C)(C)C)s1. The molecule has 0 bridgehead atoms. The van der Waals surface area contributed by atoms with Gasteiger partial charge in [-0.15, -0.1) is 11.3 Å². The molecule has 0 radical (unpaired) electrons. The highest BCUT2D eigenvalue weighted by molar-refractivity contribution is 7.11. The molecule has 1 rings (SSSR count).